The molecule has 130 valence electrons. The van der Waals surface area contributed by atoms with Gasteiger partial charge in [0.15, 0.2) is 0 Å². The smallest absolute Gasteiger partial charge is 0.324 e. The first kappa shape index (κ1) is 16.7. The van der Waals surface area contributed by atoms with E-state index in [-0.39, 0.29) is 18.5 Å². The van der Waals surface area contributed by atoms with Crippen LogP contribution in [0.3, 0.4) is 0 Å². The number of nitrogens with zero attached hydrogens (tertiary/aromatic N) is 3. The summed E-state index contributed by atoms with van der Waals surface area (Å²) in [7, 11) is 0. The highest BCUT2D eigenvalue weighted by Gasteiger charge is 2.28. The monoisotopic (exact) mass is 331 g/mol. The summed E-state index contributed by atoms with van der Waals surface area (Å²) >= 11 is 0. The molecule has 3 amide bonds. The lowest BCUT2D eigenvalue weighted by Gasteiger charge is -2.18. The minimum atomic E-state index is -0.255. The molecule has 1 aromatic rings. The van der Waals surface area contributed by atoms with Crippen LogP contribution in [0.1, 0.15) is 18.5 Å². The van der Waals surface area contributed by atoms with Gasteiger partial charge in [-0.1, -0.05) is 6.07 Å². The summed E-state index contributed by atoms with van der Waals surface area (Å²) in [5.74, 6) is 1.44. The van der Waals surface area contributed by atoms with Crippen LogP contribution >= 0.6 is 0 Å². The lowest BCUT2D eigenvalue weighted by molar-refractivity contribution is -0.125. The summed E-state index contributed by atoms with van der Waals surface area (Å²) in [5.41, 5.74) is 1.02. The minimum absolute atomic E-state index is 0.117. The zero-order valence-electron chi connectivity index (χ0n) is 14.1. The fraction of sp³-hybridized carbons (Fsp3) is 0.588. The number of carbonyl (C=O) groups excluding carboxylic acids is 2. The van der Waals surface area contributed by atoms with Crippen molar-refractivity contribution in [1.82, 2.24) is 20.1 Å². The van der Waals surface area contributed by atoms with Crippen LogP contribution in [-0.4, -0.2) is 66.0 Å². The van der Waals surface area contributed by atoms with E-state index in [1.54, 1.807) is 0 Å². The average molecular weight is 331 g/mol. The van der Waals surface area contributed by atoms with Crippen molar-refractivity contribution in [1.29, 1.82) is 0 Å². The molecule has 0 aliphatic carbocycles. The van der Waals surface area contributed by atoms with E-state index in [9.17, 15) is 9.59 Å². The largest absolute Gasteiger partial charge is 0.370 e. The van der Waals surface area contributed by atoms with Crippen LogP contribution in [-0.2, 0) is 4.79 Å². The van der Waals surface area contributed by atoms with E-state index in [0.29, 0.717) is 12.5 Å². The van der Waals surface area contributed by atoms with Gasteiger partial charge in [0.2, 0.25) is 5.91 Å². The number of rotatable bonds is 7. The van der Waals surface area contributed by atoms with Crippen molar-refractivity contribution in [2.45, 2.75) is 19.8 Å². The molecule has 1 aromatic heterocycles. The number of aryl methyl sites for hydroxylation is 1. The first-order valence-corrected chi connectivity index (χ1v) is 8.60. The van der Waals surface area contributed by atoms with E-state index < -0.39 is 0 Å². The third-order valence-corrected chi connectivity index (χ3v) is 4.62. The standard InChI is InChI=1S/C17H25N5O2/c1-13-4-2-5-15(20-13)18-10-14-6-9-21(12-14)7-3-8-22-16(23)11-19-17(22)24/h2,4-5,14H,3,6-12H2,1H3,(H,18,20)(H,19,24)/t14-/m1/s1. The molecule has 2 saturated heterocycles. The molecule has 0 radical (unpaired) electrons. The Kier molecular flexibility index (Phi) is 5.30. The third kappa shape index (κ3) is 4.23. The van der Waals surface area contributed by atoms with Gasteiger partial charge in [-0.15, -0.1) is 0 Å². The van der Waals surface area contributed by atoms with Crippen molar-refractivity contribution < 1.29 is 9.59 Å². The Bertz CT molecular complexity index is 590. The second-order valence-electron chi connectivity index (χ2n) is 6.56. The van der Waals surface area contributed by atoms with Crippen molar-refractivity contribution in [3.05, 3.63) is 23.9 Å². The highest BCUT2D eigenvalue weighted by molar-refractivity contribution is 6.01. The molecule has 2 N–H and O–H groups in total. The van der Waals surface area contributed by atoms with Crippen LogP contribution in [0.4, 0.5) is 10.6 Å². The topological polar surface area (TPSA) is 77.6 Å². The first-order chi connectivity index (χ1) is 11.6. The molecule has 0 spiro atoms. The zero-order chi connectivity index (χ0) is 16.9. The maximum Gasteiger partial charge on any atom is 0.324 e. The van der Waals surface area contributed by atoms with Gasteiger partial charge in [0.05, 0.1) is 6.54 Å². The quantitative estimate of drug-likeness (QED) is 0.731. The van der Waals surface area contributed by atoms with E-state index in [0.717, 1.165) is 44.1 Å². The number of carbonyl (C=O) groups is 2. The number of imide groups is 1. The lowest BCUT2D eigenvalue weighted by atomic mass is 10.1. The molecule has 0 unspecified atom stereocenters. The van der Waals surface area contributed by atoms with Crippen molar-refractivity contribution in [2.75, 3.05) is 44.6 Å². The Balaban J connectivity index is 1.35. The van der Waals surface area contributed by atoms with Gasteiger partial charge in [-0.25, -0.2) is 9.78 Å². The van der Waals surface area contributed by atoms with Crippen LogP contribution in [0, 0.1) is 12.8 Å². The summed E-state index contributed by atoms with van der Waals surface area (Å²) in [4.78, 5) is 31.2. The lowest BCUT2D eigenvalue weighted by Crippen LogP contribution is -2.34. The Labute approximate surface area is 142 Å². The second kappa shape index (κ2) is 7.61. The number of urea groups is 1. The molecule has 3 rings (SSSR count). The highest BCUT2D eigenvalue weighted by atomic mass is 16.2. The predicted molar refractivity (Wildman–Crippen MR) is 91.7 cm³/mol. The summed E-state index contributed by atoms with van der Waals surface area (Å²) < 4.78 is 0. The van der Waals surface area contributed by atoms with Gasteiger partial charge in [0.25, 0.3) is 0 Å². The van der Waals surface area contributed by atoms with Crippen molar-refractivity contribution in [3.63, 3.8) is 0 Å². The molecule has 7 nitrogen and oxygen atoms in total. The minimum Gasteiger partial charge on any atom is -0.370 e. The zero-order valence-corrected chi connectivity index (χ0v) is 14.1. The van der Waals surface area contributed by atoms with Crippen molar-refractivity contribution in [2.24, 2.45) is 5.92 Å². The molecule has 0 saturated carbocycles. The normalized spacial score (nSPS) is 21.4. The summed E-state index contributed by atoms with van der Waals surface area (Å²) in [6, 6.07) is 5.75. The van der Waals surface area contributed by atoms with Gasteiger partial charge >= 0.3 is 6.03 Å². The number of hydrogen-bond acceptors (Lipinski definition) is 5. The molecule has 0 bridgehead atoms. The van der Waals surface area contributed by atoms with E-state index in [4.69, 9.17) is 0 Å². The van der Waals surface area contributed by atoms with Crippen molar-refractivity contribution in [3.8, 4) is 0 Å². The number of anilines is 1. The second-order valence-corrected chi connectivity index (χ2v) is 6.56. The average Bonchev–Trinajstić information content (AvgIpc) is 3.14. The van der Waals surface area contributed by atoms with Crippen molar-refractivity contribution >= 4 is 17.8 Å². The van der Waals surface area contributed by atoms with Gasteiger partial charge in [-0.05, 0) is 50.9 Å². The Hall–Kier alpha value is -2.15. The maximum absolute atomic E-state index is 11.5. The third-order valence-electron chi connectivity index (χ3n) is 4.62. The van der Waals surface area contributed by atoms with E-state index in [2.05, 4.69) is 20.5 Å². The van der Waals surface area contributed by atoms with Crippen LogP contribution < -0.4 is 10.6 Å². The first-order valence-electron chi connectivity index (χ1n) is 8.60. The molecule has 1 atom stereocenters. The Morgan fingerprint density at radius 2 is 2.21 bits per heavy atom. The van der Waals surface area contributed by atoms with Crippen LogP contribution in [0.25, 0.3) is 0 Å². The molecular weight excluding hydrogens is 306 g/mol. The van der Waals surface area contributed by atoms with Crippen LogP contribution in [0.15, 0.2) is 18.2 Å². The van der Waals surface area contributed by atoms with Crippen LogP contribution in [0.5, 0.6) is 0 Å². The maximum atomic E-state index is 11.5. The van der Waals surface area contributed by atoms with E-state index >= 15 is 0 Å². The summed E-state index contributed by atoms with van der Waals surface area (Å²) in [5, 5.41) is 5.97. The number of likely N-dealkylation sites (tertiary alicyclic amines) is 1. The summed E-state index contributed by atoms with van der Waals surface area (Å²) in [6.45, 7) is 6.64. The Morgan fingerprint density at radius 3 is 2.96 bits per heavy atom. The molecule has 2 aliphatic rings. The van der Waals surface area contributed by atoms with E-state index in [1.165, 1.54) is 11.3 Å². The van der Waals surface area contributed by atoms with Gasteiger partial charge in [-0.2, -0.15) is 0 Å². The molecule has 0 aromatic carbocycles. The summed E-state index contributed by atoms with van der Waals surface area (Å²) in [6.07, 6.45) is 2.00. The van der Waals surface area contributed by atoms with Gasteiger partial charge in [0.1, 0.15) is 5.82 Å². The Morgan fingerprint density at radius 1 is 1.33 bits per heavy atom. The van der Waals surface area contributed by atoms with Gasteiger partial charge in [0, 0.05) is 25.3 Å². The molecular formula is C17H25N5O2. The number of amides is 3. The molecule has 3 heterocycles. The number of nitrogens with one attached hydrogen (secondary N) is 2. The molecule has 7 heteroatoms. The van der Waals surface area contributed by atoms with Gasteiger partial charge < -0.3 is 15.5 Å². The number of aromatic nitrogens is 1. The SMILES string of the molecule is Cc1cccc(NC[C@H]2CCN(CCCN3C(=O)CNC3=O)C2)n1. The highest BCUT2D eigenvalue weighted by Crippen LogP contribution is 2.17. The number of hydrogen-bond donors (Lipinski definition) is 2. The molecule has 24 heavy (non-hydrogen) atoms. The fourth-order valence-electron chi connectivity index (χ4n) is 3.31. The molecule has 2 fully saturated rings. The van der Waals surface area contributed by atoms with E-state index in [1.807, 2.05) is 25.1 Å². The fourth-order valence-corrected chi connectivity index (χ4v) is 3.31. The predicted octanol–water partition coefficient (Wildman–Crippen LogP) is 1.07. The number of pyridine rings is 1. The molecule has 2 aliphatic heterocycles. The van der Waals surface area contributed by atoms with Crippen LogP contribution in [0.2, 0.25) is 0 Å². The van der Waals surface area contributed by atoms with Gasteiger partial charge in [-0.3, -0.25) is 9.69 Å².